The molecule has 7 heteroatoms. The summed E-state index contributed by atoms with van der Waals surface area (Å²) in [6.45, 7) is 5.86. The number of hydrogen-bond acceptors (Lipinski definition) is 6. The number of anilines is 1. The Morgan fingerprint density at radius 2 is 1.96 bits per heavy atom. The molecular formula is C18H18N2O4S. The predicted molar refractivity (Wildman–Crippen MR) is 95.3 cm³/mol. The van der Waals surface area contributed by atoms with E-state index in [0.717, 1.165) is 11.3 Å². The molecule has 25 heavy (non-hydrogen) atoms. The molecule has 0 unspecified atom stereocenters. The molecule has 1 amide bonds. The van der Waals surface area contributed by atoms with Crippen molar-refractivity contribution < 1.29 is 19.1 Å². The smallest absolute Gasteiger partial charge is 0.348 e. The van der Waals surface area contributed by atoms with Gasteiger partial charge in [-0.2, -0.15) is 5.26 Å². The Bertz CT molecular complexity index is 836. The minimum absolute atomic E-state index is 0.238. The molecule has 0 spiro atoms. The molecule has 0 bridgehead atoms. The lowest BCUT2D eigenvalue weighted by Crippen LogP contribution is -2.13. The van der Waals surface area contributed by atoms with E-state index in [2.05, 4.69) is 5.32 Å². The predicted octanol–water partition coefficient (Wildman–Crippen LogP) is 3.76. The van der Waals surface area contributed by atoms with Gasteiger partial charge < -0.3 is 14.8 Å². The summed E-state index contributed by atoms with van der Waals surface area (Å²) < 4.78 is 10.4. The summed E-state index contributed by atoms with van der Waals surface area (Å²) in [4.78, 5) is 24.9. The molecule has 130 valence electrons. The van der Waals surface area contributed by atoms with E-state index in [-0.39, 0.29) is 12.2 Å². The highest BCUT2D eigenvalue weighted by Crippen LogP contribution is 2.33. The van der Waals surface area contributed by atoms with Gasteiger partial charge in [-0.1, -0.05) is 12.1 Å². The van der Waals surface area contributed by atoms with Gasteiger partial charge in [0.1, 0.15) is 21.7 Å². The summed E-state index contributed by atoms with van der Waals surface area (Å²) >= 11 is 1.03. The number of carbonyl (C=O) groups is 2. The Morgan fingerprint density at radius 3 is 2.60 bits per heavy atom. The maximum absolute atomic E-state index is 12.6. The van der Waals surface area contributed by atoms with Gasteiger partial charge in [0.25, 0.3) is 5.91 Å². The number of rotatable bonds is 6. The van der Waals surface area contributed by atoms with Gasteiger partial charge in [-0.15, -0.1) is 11.3 Å². The highest BCUT2D eigenvalue weighted by atomic mass is 32.1. The normalized spacial score (nSPS) is 10.0. The summed E-state index contributed by atoms with van der Waals surface area (Å²) in [5.74, 6) is -0.450. The molecule has 0 fully saturated rings. The standard InChI is InChI=1S/C18H18N2O4S/c1-4-23-14-9-7-6-8-12(14)16(21)20-17-13(10-19)11(3)15(25-17)18(22)24-5-2/h6-9H,4-5H2,1-3H3,(H,20,21). The number of carbonyl (C=O) groups excluding carboxylic acids is 2. The lowest BCUT2D eigenvalue weighted by atomic mass is 10.1. The van der Waals surface area contributed by atoms with Crippen LogP contribution in [0.3, 0.4) is 0 Å². The van der Waals surface area contributed by atoms with Gasteiger partial charge in [-0.3, -0.25) is 4.79 Å². The first-order valence-corrected chi connectivity index (χ1v) is 8.58. The van der Waals surface area contributed by atoms with Crippen molar-refractivity contribution in [2.75, 3.05) is 18.5 Å². The summed E-state index contributed by atoms with van der Waals surface area (Å²) in [5, 5.41) is 12.4. The number of ether oxygens (including phenoxy) is 2. The van der Waals surface area contributed by atoms with Crippen LogP contribution in [0.5, 0.6) is 5.75 Å². The number of nitrogens with one attached hydrogen (secondary N) is 1. The number of hydrogen-bond donors (Lipinski definition) is 1. The molecule has 0 aliphatic carbocycles. The van der Waals surface area contributed by atoms with Crippen LogP contribution in [0.15, 0.2) is 24.3 Å². The lowest BCUT2D eigenvalue weighted by molar-refractivity contribution is 0.0531. The number of esters is 1. The highest BCUT2D eigenvalue weighted by Gasteiger charge is 2.23. The van der Waals surface area contributed by atoms with Crippen molar-refractivity contribution >= 4 is 28.2 Å². The fourth-order valence-corrected chi connectivity index (χ4v) is 3.28. The number of benzene rings is 1. The minimum Gasteiger partial charge on any atom is -0.493 e. The van der Waals surface area contributed by atoms with E-state index >= 15 is 0 Å². The fraction of sp³-hybridized carbons (Fsp3) is 0.278. The third-order valence-corrected chi connectivity index (χ3v) is 4.57. The van der Waals surface area contributed by atoms with Crippen molar-refractivity contribution in [2.24, 2.45) is 0 Å². The zero-order valence-electron chi connectivity index (χ0n) is 14.2. The second-order valence-electron chi connectivity index (χ2n) is 4.98. The van der Waals surface area contributed by atoms with Gasteiger partial charge in [-0.05, 0) is 38.5 Å². The molecule has 1 aromatic carbocycles. The van der Waals surface area contributed by atoms with Gasteiger partial charge in [0.15, 0.2) is 0 Å². The van der Waals surface area contributed by atoms with E-state index < -0.39 is 11.9 Å². The van der Waals surface area contributed by atoms with Crippen molar-refractivity contribution in [3.05, 3.63) is 45.8 Å². The second kappa shape index (κ2) is 8.31. The van der Waals surface area contributed by atoms with Crippen LogP contribution in [0, 0.1) is 18.3 Å². The molecule has 1 N–H and O–H groups in total. The zero-order valence-corrected chi connectivity index (χ0v) is 15.0. The molecule has 2 aromatic rings. The number of thiophene rings is 1. The van der Waals surface area contributed by atoms with Crippen LogP contribution < -0.4 is 10.1 Å². The molecular weight excluding hydrogens is 340 g/mol. The number of amides is 1. The molecule has 2 rings (SSSR count). The van der Waals surface area contributed by atoms with Crippen LogP contribution in [0.1, 0.15) is 45.0 Å². The average Bonchev–Trinajstić information content (AvgIpc) is 2.91. The van der Waals surface area contributed by atoms with Crippen LogP contribution in [0.2, 0.25) is 0 Å². The first kappa shape index (κ1) is 18.5. The summed E-state index contributed by atoms with van der Waals surface area (Å²) in [7, 11) is 0. The van der Waals surface area contributed by atoms with E-state index in [1.807, 2.05) is 13.0 Å². The number of para-hydroxylation sites is 1. The molecule has 0 aliphatic heterocycles. The maximum Gasteiger partial charge on any atom is 0.348 e. The molecule has 0 saturated heterocycles. The first-order chi connectivity index (χ1) is 12.0. The monoisotopic (exact) mass is 358 g/mol. The SMILES string of the molecule is CCOC(=O)c1sc(NC(=O)c2ccccc2OCC)c(C#N)c1C. The minimum atomic E-state index is -0.503. The largest absolute Gasteiger partial charge is 0.493 e. The average molecular weight is 358 g/mol. The third kappa shape index (κ3) is 3.98. The molecule has 6 nitrogen and oxygen atoms in total. The van der Waals surface area contributed by atoms with Crippen molar-refractivity contribution in [1.29, 1.82) is 5.26 Å². The van der Waals surface area contributed by atoms with E-state index in [1.165, 1.54) is 0 Å². The zero-order chi connectivity index (χ0) is 18.4. The van der Waals surface area contributed by atoms with Crippen molar-refractivity contribution in [3.63, 3.8) is 0 Å². The Hall–Kier alpha value is -2.85. The molecule has 0 aliphatic rings. The van der Waals surface area contributed by atoms with Crippen LogP contribution in [0.25, 0.3) is 0 Å². The Kier molecular flexibility index (Phi) is 6.14. The quantitative estimate of drug-likeness (QED) is 0.794. The van der Waals surface area contributed by atoms with Gasteiger partial charge >= 0.3 is 5.97 Å². The summed E-state index contributed by atoms with van der Waals surface area (Å²) in [6, 6.07) is 8.88. The topological polar surface area (TPSA) is 88.4 Å². The fourth-order valence-electron chi connectivity index (χ4n) is 2.23. The molecule has 0 saturated carbocycles. The van der Waals surface area contributed by atoms with Crippen LogP contribution in [-0.4, -0.2) is 25.1 Å². The van der Waals surface area contributed by atoms with Gasteiger partial charge in [0.05, 0.1) is 24.3 Å². The molecule has 1 heterocycles. The van der Waals surface area contributed by atoms with Crippen LogP contribution in [0.4, 0.5) is 5.00 Å². The third-order valence-electron chi connectivity index (χ3n) is 3.38. The van der Waals surface area contributed by atoms with Gasteiger partial charge in [-0.25, -0.2) is 4.79 Å². The van der Waals surface area contributed by atoms with Crippen LogP contribution >= 0.6 is 11.3 Å². The Morgan fingerprint density at radius 1 is 1.24 bits per heavy atom. The van der Waals surface area contributed by atoms with Crippen molar-refractivity contribution in [1.82, 2.24) is 0 Å². The van der Waals surface area contributed by atoms with E-state index in [1.54, 1.807) is 38.1 Å². The Labute approximate surface area is 150 Å². The summed E-state index contributed by atoms with van der Waals surface area (Å²) in [5.41, 5.74) is 1.12. The highest BCUT2D eigenvalue weighted by molar-refractivity contribution is 7.18. The van der Waals surface area contributed by atoms with Gasteiger partial charge in [0, 0.05) is 0 Å². The lowest BCUT2D eigenvalue weighted by Gasteiger charge is -2.09. The van der Waals surface area contributed by atoms with Crippen molar-refractivity contribution in [3.8, 4) is 11.8 Å². The molecule has 0 atom stereocenters. The van der Waals surface area contributed by atoms with E-state index in [9.17, 15) is 14.9 Å². The first-order valence-electron chi connectivity index (χ1n) is 7.77. The maximum atomic E-state index is 12.6. The number of nitrogens with zero attached hydrogens (tertiary/aromatic N) is 1. The van der Waals surface area contributed by atoms with Crippen molar-refractivity contribution in [2.45, 2.75) is 20.8 Å². The van der Waals surface area contributed by atoms with E-state index in [4.69, 9.17) is 9.47 Å². The van der Waals surface area contributed by atoms with Crippen LogP contribution in [-0.2, 0) is 4.74 Å². The summed E-state index contributed by atoms with van der Waals surface area (Å²) in [6.07, 6.45) is 0. The molecule has 0 radical (unpaired) electrons. The number of nitriles is 1. The van der Waals surface area contributed by atoms with E-state index in [0.29, 0.717) is 33.4 Å². The molecule has 1 aromatic heterocycles. The Balaban J connectivity index is 2.34. The van der Waals surface area contributed by atoms with Gasteiger partial charge in [0.2, 0.25) is 0 Å². The second-order valence-corrected chi connectivity index (χ2v) is 6.00.